The number of pyridine rings is 1. The van der Waals surface area contributed by atoms with Crippen molar-refractivity contribution in [2.75, 3.05) is 19.3 Å². The van der Waals surface area contributed by atoms with E-state index in [0.717, 1.165) is 16.5 Å². The lowest BCUT2D eigenvalue weighted by Crippen LogP contribution is -2.57. The van der Waals surface area contributed by atoms with Crippen molar-refractivity contribution in [1.82, 2.24) is 25.2 Å². The van der Waals surface area contributed by atoms with Gasteiger partial charge in [-0.2, -0.15) is 0 Å². The van der Waals surface area contributed by atoms with Gasteiger partial charge in [-0.25, -0.2) is 9.97 Å². The van der Waals surface area contributed by atoms with E-state index in [-0.39, 0.29) is 24.0 Å². The van der Waals surface area contributed by atoms with Crippen molar-refractivity contribution in [3.05, 3.63) is 60.3 Å². The maximum Gasteiger partial charge on any atom is 0.270 e. The van der Waals surface area contributed by atoms with Gasteiger partial charge in [0, 0.05) is 48.1 Å². The molecule has 1 aliphatic rings. The molecule has 8 nitrogen and oxygen atoms in total. The maximum atomic E-state index is 12.5. The van der Waals surface area contributed by atoms with Gasteiger partial charge in [0.05, 0.1) is 5.52 Å². The first kappa shape index (κ1) is 18.3. The summed E-state index contributed by atoms with van der Waals surface area (Å²) < 4.78 is 0. The van der Waals surface area contributed by atoms with Crippen LogP contribution in [-0.2, 0) is 0 Å². The molecule has 0 saturated carbocycles. The summed E-state index contributed by atoms with van der Waals surface area (Å²) in [5, 5.41) is 3.97. The van der Waals surface area contributed by atoms with Crippen LogP contribution >= 0.6 is 0 Å². The highest BCUT2D eigenvalue weighted by molar-refractivity contribution is 5.92. The summed E-state index contributed by atoms with van der Waals surface area (Å²) in [6, 6.07) is 9.31. The number of carbonyl (C=O) groups excluding carboxylic acids is 1. The molecule has 0 spiro atoms. The molecule has 1 aliphatic heterocycles. The molecule has 1 fully saturated rings. The first-order valence-electron chi connectivity index (χ1n) is 9.20. The molecule has 0 aliphatic carbocycles. The van der Waals surface area contributed by atoms with Crippen LogP contribution in [0.1, 0.15) is 28.5 Å². The number of amides is 1. The second-order valence-electron chi connectivity index (χ2n) is 7.21. The Hall–Kier alpha value is -3.10. The van der Waals surface area contributed by atoms with Crippen molar-refractivity contribution in [2.45, 2.75) is 24.5 Å². The number of nitrogens with one attached hydrogen (secondary N) is 1. The predicted molar refractivity (Wildman–Crippen MR) is 107 cm³/mol. The van der Waals surface area contributed by atoms with Crippen LogP contribution in [0.25, 0.3) is 10.9 Å². The second kappa shape index (κ2) is 7.49. The van der Waals surface area contributed by atoms with Gasteiger partial charge in [0.1, 0.15) is 12.0 Å². The molecule has 0 bridgehead atoms. The van der Waals surface area contributed by atoms with Crippen LogP contribution in [0.2, 0.25) is 0 Å². The van der Waals surface area contributed by atoms with E-state index < -0.39 is 0 Å². The zero-order chi connectivity index (χ0) is 19.7. The number of rotatable bonds is 3. The van der Waals surface area contributed by atoms with Crippen molar-refractivity contribution in [2.24, 2.45) is 5.73 Å². The van der Waals surface area contributed by atoms with Crippen LogP contribution in [0, 0.1) is 0 Å². The summed E-state index contributed by atoms with van der Waals surface area (Å²) in [7, 11) is 2.05. The standard InChI is InChI=1S/C20H23N7O/c1-27-10-15(22)18(26-20(28)17-5-6-23-11-25-17)9-19(27)12-2-3-16-13(8-12)14(21)4-7-24-16/h2-8,11,15,18-19H,9-10,22H2,1H3,(H2,21,24)(H,26,28). The Labute approximate surface area is 163 Å². The number of benzene rings is 1. The highest BCUT2D eigenvalue weighted by Crippen LogP contribution is 2.32. The van der Waals surface area contributed by atoms with E-state index in [4.69, 9.17) is 11.5 Å². The van der Waals surface area contributed by atoms with E-state index >= 15 is 0 Å². The normalized spacial score (nSPS) is 22.9. The molecule has 3 atom stereocenters. The summed E-state index contributed by atoms with van der Waals surface area (Å²) in [5.41, 5.74) is 15.5. The summed E-state index contributed by atoms with van der Waals surface area (Å²) >= 11 is 0. The molecule has 144 valence electrons. The molecule has 3 heterocycles. The van der Waals surface area contributed by atoms with E-state index in [1.165, 1.54) is 6.33 Å². The number of carbonyl (C=O) groups is 1. The Morgan fingerprint density at radius 3 is 2.86 bits per heavy atom. The first-order chi connectivity index (χ1) is 13.5. The minimum atomic E-state index is -0.238. The number of aromatic nitrogens is 3. The maximum absolute atomic E-state index is 12.5. The lowest BCUT2D eigenvalue weighted by Gasteiger charge is -2.41. The number of likely N-dealkylation sites (N-methyl/N-ethyl adjacent to an activating group) is 1. The molecule has 1 saturated heterocycles. The Morgan fingerprint density at radius 2 is 2.07 bits per heavy atom. The van der Waals surface area contributed by atoms with Gasteiger partial charge in [-0.05, 0) is 43.3 Å². The highest BCUT2D eigenvalue weighted by Gasteiger charge is 2.34. The number of fused-ring (bicyclic) bond motifs is 1. The third kappa shape index (κ3) is 3.51. The molecular weight excluding hydrogens is 354 g/mol. The topological polar surface area (TPSA) is 123 Å². The van der Waals surface area contributed by atoms with Crippen LogP contribution in [-0.4, -0.2) is 51.4 Å². The zero-order valence-corrected chi connectivity index (χ0v) is 15.6. The van der Waals surface area contributed by atoms with Gasteiger partial charge < -0.3 is 16.8 Å². The smallest absolute Gasteiger partial charge is 0.270 e. The Balaban J connectivity index is 1.58. The molecule has 28 heavy (non-hydrogen) atoms. The van der Waals surface area contributed by atoms with E-state index in [0.29, 0.717) is 24.3 Å². The van der Waals surface area contributed by atoms with Gasteiger partial charge in [0.25, 0.3) is 5.91 Å². The summed E-state index contributed by atoms with van der Waals surface area (Å²) in [5.74, 6) is -0.238. The Bertz CT molecular complexity index is 994. The number of anilines is 1. The van der Waals surface area contributed by atoms with Crippen molar-refractivity contribution in [1.29, 1.82) is 0 Å². The predicted octanol–water partition coefficient (Wildman–Crippen LogP) is 1.11. The number of nitrogens with two attached hydrogens (primary N) is 2. The molecule has 2 aromatic heterocycles. The van der Waals surface area contributed by atoms with E-state index in [2.05, 4.69) is 37.3 Å². The zero-order valence-electron chi connectivity index (χ0n) is 15.6. The number of likely N-dealkylation sites (tertiary alicyclic amines) is 1. The monoisotopic (exact) mass is 377 g/mol. The minimum Gasteiger partial charge on any atom is -0.398 e. The molecule has 8 heteroatoms. The van der Waals surface area contributed by atoms with Crippen LogP contribution in [0.4, 0.5) is 5.69 Å². The highest BCUT2D eigenvalue weighted by atomic mass is 16.2. The molecule has 3 aromatic rings. The van der Waals surface area contributed by atoms with Crippen molar-refractivity contribution in [3.8, 4) is 0 Å². The number of piperidine rings is 1. The fraction of sp³-hybridized carbons (Fsp3) is 0.300. The summed E-state index contributed by atoms with van der Waals surface area (Å²) in [6.07, 6.45) is 5.31. The number of nitrogen functional groups attached to an aromatic ring is 1. The molecule has 1 amide bonds. The number of hydrogen-bond acceptors (Lipinski definition) is 7. The molecular formula is C20H23N7O. The third-order valence-electron chi connectivity index (χ3n) is 5.34. The van der Waals surface area contributed by atoms with E-state index in [9.17, 15) is 4.79 Å². The number of hydrogen-bond donors (Lipinski definition) is 3. The van der Waals surface area contributed by atoms with Crippen LogP contribution in [0.15, 0.2) is 49.1 Å². The molecule has 5 N–H and O–H groups in total. The molecule has 1 aromatic carbocycles. The largest absolute Gasteiger partial charge is 0.398 e. The van der Waals surface area contributed by atoms with Gasteiger partial charge in [-0.15, -0.1) is 0 Å². The fourth-order valence-electron chi connectivity index (χ4n) is 3.80. The average molecular weight is 377 g/mol. The second-order valence-corrected chi connectivity index (χ2v) is 7.21. The Kier molecular flexibility index (Phi) is 4.89. The van der Waals surface area contributed by atoms with E-state index in [1.807, 2.05) is 13.1 Å². The summed E-state index contributed by atoms with van der Waals surface area (Å²) in [4.78, 5) is 26.9. The molecule has 3 unspecified atom stereocenters. The lowest BCUT2D eigenvalue weighted by molar-refractivity contribution is 0.0858. The average Bonchev–Trinajstić information content (AvgIpc) is 2.71. The first-order valence-corrected chi connectivity index (χ1v) is 9.20. The van der Waals surface area contributed by atoms with Crippen molar-refractivity contribution in [3.63, 3.8) is 0 Å². The number of nitrogens with zero attached hydrogens (tertiary/aromatic N) is 4. The van der Waals surface area contributed by atoms with Crippen molar-refractivity contribution >= 4 is 22.5 Å². The van der Waals surface area contributed by atoms with Gasteiger partial charge in [0.15, 0.2) is 0 Å². The molecule has 0 radical (unpaired) electrons. The fourth-order valence-corrected chi connectivity index (χ4v) is 3.80. The van der Waals surface area contributed by atoms with Crippen LogP contribution in [0.5, 0.6) is 0 Å². The SMILES string of the molecule is CN1CC(N)C(NC(=O)c2ccncn2)CC1c1ccc2nccc(N)c2c1. The van der Waals surface area contributed by atoms with Gasteiger partial charge in [0.2, 0.25) is 0 Å². The van der Waals surface area contributed by atoms with Crippen LogP contribution < -0.4 is 16.8 Å². The van der Waals surface area contributed by atoms with Gasteiger partial charge in [-0.1, -0.05) is 6.07 Å². The van der Waals surface area contributed by atoms with E-state index in [1.54, 1.807) is 24.5 Å². The minimum absolute atomic E-state index is 0.111. The Morgan fingerprint density at radius 1 is 1.21 bits per heavy atom. The van der Waals surface area contributed by atoms with Crippen molar-refractivity contribution < 1.29 is 4.79 Å². The molecule has 4 rings (SSSR count). The summed E-state index contributed by atoms with van der Waals surface area (Å²) in [6.45, 7) is 0.667. The van der Waals surface area contributed by atoms with Gasteiger partial charge >= 0.3 is 0 Å². The van der Waals surface area contributed by atoms with Crippen LogP contribution in [0.3, 0.4) is 0 Å². The quantitative estimate of drug-likeness (QED) is 0.625. The third-order valence-corrected chi connectivity index (χ3v) is 5.34. The lowest BCUT2D eigenvalue weighted by atomic mass is 9.89. The van der Waals surface area contributed by atoms with Gasteiger partial charge in [-0.3, -0.25) is 14.7 Å².